The summed E-state index contributed by atoms with van der Waals surface area (Å²) in [5.74, 6) is 0. The number of carbonyl (C=O) groups is 1. The van der Waals surface area contributed by atoms with Gasteiger partial charge in [-0.05, 0) is 26.7 Å². The summed E-state index contributed by atoms with van der Waals surface area (Å²) in [6.07, 6.45) is -0.0343. The molecule has 0 aromatic carbocycles. The van der Waals surface area contributed by atoms with E-state index in [1.54, 1.807) is 18.6 Å². The Morgan fingerprint density at radius 3 is 2.62 bits per heavy atom. The molecule has 0 saturated carbocycles. The van der Waals surface area contributed by atoms with Crippen LogP contribution in [0.3, 0.4) is 0 Å². The maximum atomic E-state index is 11.3. The maximum Gasteiger partial charge on any atom is 0.421 e. The Balaban J connectivity index is 4.09. The molecule has 0 aliphatic carbocycles. The van der Waals surface area contributed by atoms with Gasteiger partial charge in [-0.1, -0.05) is 0 Å². The van der Waals surface area contributed by atoms with Crippen LogP contribution in [0.4, 0.5) is 4.79 Å². The lowest BCUT2D eigenvalue weighted by Gasteiger charge is -2.13. The molecule has 8 heteroatoms. The summed E-state index contributed by atoms with van der Waals surface area (Å²) in [7, 11) is -3.89. The van der Waals surface area contributed by atoms with Gasteiger partial charge in [0.05, 0.1) is 6.61 Å². The molecule has 0 spiro atoms. The van der Waals surface area contributed by atoms with Crippen LogP contribution in [0.15, 0.2) is 0 Å². The van der Waals surface area contributed by atoms with Gasteiger partial charge in [0.25, 0.3) is 0 Å². The first kappa shape index (κ1) is 15.1. The lowest BCUT2D eigenvalue weighted by Crippen LogP contribution is -2.44. The van der Waals surface area contributed by atoms with Crippen LogP contribution in [0.5, 0.6) is 0 Å². The number of aliphatic hydroxyl groups is 1. The third-order valence-corrected chi connectivity index (χ3v) is 2.79. The van der Waals surface area contributed by atoms with Crippen LogP contribution in [0.1, 0.15) is 26.7 Å². The second-order valence-corrected chi connectivity index (χ2v) is 4.66. The van der Waals surface area contributed by atoms with Gasteiger partial charge in [0.2, 0.25) is 0 Å². The smallest absolute Gasteiger partial charge is 0.421 e. The standard InChI is InChI=1S/C8H18N2O5S/c1-3-15-8(12)10-16(13,14)9-7(2)5-4-6-11/h7,9,11H,3-6H2,1-2H3,(H,10,12). The van der Waals surface area contributed by atoms with E-state index in [0.717, 1.165) is 0 Å². The van der Waals surface area contributed by atoms with Gasteiger partial charge in [0.1, 0.15) is 0 Å². The Bertz CT molecular complexity index is 304. The zero-order chi connectivity index (χ0) is 12.6. The zero-order valence-corrected chi connectivity index (χ0v) is 10.2. The van der Waals surface area contributed by atoms with Gasteiger partial charge in [-0.2, -0.15) is 13.1 Å². The van der Waals surface area contributed by atoms with E-state index in [1.165, 1.54) is 0 Å². The van der Waals surface area contributed by atoms with Crippen LogP contribution >= 0.6 is 0 Å². The van der Waals surface area contributed by atoms with Gasteiger partial charge in [-0.3, -0.25) is 0 Å². The molecule has 3 N–H and O–H groups in total. The fourth-order valence-electron chi connectivity index (χ4n) is 1.02. The molecule has 1 amide bonds. The lowest BCUT2D eigenvalue weighted by atomic mass is 10.2. The van der Waals surface area contributed by atoms with Crippen molar-refractivity contribution in [1.29, 1.82) is 0 Å². The molecule has 0 aliphatic rings. The van der Waals surface area contributed by atoms with E-state index in [0.29, 0.717) is 12.8 Å². The van der Waals surface area contributed by atoms with Crippen molar-refractivity contribution < 1.29 is 23.1 Å². The molecule has 0 aliphatic heterocycles. The topological polar surface area (TPSA) is 105 Å². The first-order valence-corrected chi connectivity index (χ1v) is 6.47. The molecule has 1 atom stereocenters. The molecule has 0 bridgehead atoms. The molecular formula is C8H18N2O5S. The van der Waals surface area contributed by atoms with E-state index >= 15 is 0 Å². The number of ether oxygens (including phenoxy) is 1. The summed E-state index contributed by atoms with van der Waals surface area (Å²) in [4.78, 5) is 10.9. The first-order chi connectivity index (χ1) is 7.41. The highest BCUT2D eigenvalue weighted by atomic mass is 32.2. The average Bonchev–Trinajstić information content (AvgIpc) is 2.13. The van der Waals surface area contributed by atoms with E-state index in [1.807, 2.05) is 0 Å². The van der Waals surface area contributed by atoms with Crippen LogP contribution in [-0.2, 0) is 14.9 Å². The van der Waals surface area contributed by atoms with Crippen molar-refractivity contribution in [3.63, 3.8) is 0 Å². The summed E-state index contributed by atoms with van der Waals surface area (Å²) < 4.78 is 31.0. The van der Waals surface area contributed by atoms with Gasteiger partial charge in [0, 0.05) is 12.6 Å². The Hall–Kier alpha value is -0.860. The van der Waals surface area contributed by atoms with Crippen molar-refractivity contribution in [2.24, 2.45) is 0 Å². The largest absolute Gasteiger partial charge is 0.449 e. The van der Waals surface area contributed by atoms with Crippen LogP contribution in [0.25, 0.3) is 0 Å². The van der Waals surface area contributed by atoms with E-state index in [-0.39, 0.29) is 19.3 Å². The van der Waals surface area contributed by atoms with Crippen LogP contribution in [-0.4, -0.2) is 38.9 Å². The van der Waals surface area contributed by atoms with Crippen molar-refractivity contribution in [3.05, 3.63) is 0 Å². The fraction of sp³-hybridized carbons (Fsp3) is 0.875. The highest BCUT2D eigenvalue weighted by Gasteiger charge is 2.17. The van der Waals surface area contributed by atoms with Gasteiger partial charge < -0.3 is 9.84 Å². The van der Waals surface area contributed by atoms with Gasteiger partial charge in [-0.25, -0.2) is 9.52 Å². The Kier molecular flexibility index (Phi) is 7.02. The number of amides is 1. The number of hydrogen-bond acceptors (Lipinski definition) is 5. The molecule has 0 fully saturated rings. The minimum absolute atomic E-state index is 0.00261. The van der Waals surface area contributed by atoms with Gasteiger partial charge in [0.15, 0.2) is 0 Å². The minimum Gasteiger partial charge on any atom is -0.449 e. The minimum atomic E-state index is -3.89. The highest BCUT2D eigenvalue weighted by molar-refractivity contribution is 7.88. The normalized spacial score (nSPS) is 13.2. The van der Waals surface area contributed by atoms with Crippen molar-refractivity contribution in [3.8, 4) is 0 Å². The third-order valence-electron chi connectivity index (χ3n) is 1.64. The lowest BCUT2D eigenvalue weighted by molar-refractivity contribution is 0.158. The first-order valence-electron chi connectivity index (χ1n) is 4.99. The van der Waals surface area contributed by atoms with E-state index in [4.69, 9.17) is 5.11 Å². The van der Waals surface area contributed by atoms with Crippen LogP contribution in [0, 0.1) is 0 Å². The average molecular weight is 254 g/mol. The van der Waals surface area contributed by atoms with Gasteiger partial charge in [-0.15, -0.1) is 0 Å². The summed E-state index contributed by atoms with van der Waals surface area (Å²) in [6, 6.07) is -0.362. The second kappa shape index (κ2) is 7.42. The SMILES string of the molecule is CCOC(=O)NS(=O)(=O)NC(C)CCCO. The number of hydrogen-bond donors (Lipinski definition) is 3. The fourth-order valence-corrected chi connectivity index (χ4v) is 2.01. The Labute approximate surface area is 95.4 Å². The predicted octanol–water partition coefficient (Wildman–Crippen LogP) is -0.272. The molecule has 1 unspecified atom stereocenters. The number of carbonyl (C=O) groups excluding carboxylic acids is 1. The number of nitrogens with one attached hydrogen (secondary N) is 2. The number of aliphatic hydroxyl groups excluding tert-OH is 1. The van der Waals surface area contributed by atoms with E-state index in [2.05, 4.69) is 9.46 Å². The molecule has 7 nitrogen and oxygen atoms in total. The van der Waals surface area contributed by atoms with Crippen LogP contribution < -0.4 is 9.44 Å². The molecule has 0 saturated heterocycles. The van der Waals surface area contributed by atoms with Crippen LogP contribution in [0.2, 0.25) is 0 Å². The van der Waals surface area contributed by atoms with E-state index in [9.17, 15) is 13.2 Å². The summed E-state index contributed by atoms with van der Waals surface area (Å²) in [5.41, 5.74) is 0. The summed E-state index contributed by atoms with van der Waals surface area (Å²) in [5, 5.41) is 8.56. The molecule has 0 aromatic heterocycles. The predicted molar refractivity (Wildman–Crippen MR) is 58.0 cm³/mol. The molecule has 16 heavy (non-hydrogen) atoms. The second-order valence-electron chi connectivity index (χ2n) is 3.21. The molecular weight excluding hydrogens is 236 g/mol. The highest BCUT2D eigenvalue weighted by Crippen LogP contribution is 1.96. The Morgan fingerprint density at radius 1 is 1.50 bits per heavy atom. The van der Waals surface area contributed by atoms with Crippen molar-refractivity contribution in [2.45, 2.75) is 32.7 Å². The molecule has 0 rings (SSSR count). The van der Waals surface area contributed by atoms with Crippen molar-refractivity contribution >= 4 is 16.3 Å². The van der Waals surface area contributed by atoms with Gasteiger partial charge >= 0.3 is 16.3 Å². The molecule has 0 heterocycles. The zero-order valence-electron chi connectivity index (χ0n) is 9.39. The molecule has 0 radical (unpaired) electrons. The summed E-state index contributed by atoms with van der Waals surface area (Å²) >= 11 is 0. The van der Waals surface area contributed by atoms with Crippen molar-refractivity contribution in [1.82, 2.24) is 9.44 Å². The molecule has 96 valence electrons. The quantitative estimate of drug-likeness (QED) is 0.580. The number of rotatable bonds is 7. The molecule has 0 aromatic rings. The third kappa shape index (κ3) is 7.43. The van der Waals surface area contributed by atoms with E-state index < -0.39 is 16.3 Å². The maximum absolute atomic E-state index is 11.3. The summed E-state index contributed by atoms with van der Waals surface area (Å²) in [6.45, 7) is 3.31. The monoisotopic (exact) mass is 254 g/mol. The van der Waals surface area contributed by atoms with Crippen molar-refractivity contribution in [2.75, 3.05) is 13.2 Å². The Morgan fingerprint density at radius 2 is 2.12 bits per heavy atom.